The molecule has 1 aromatic rings. The summed E-state index contributed by atoms with van der Waals surface area (Å²) in [5.41, 5.74) is 0.0352. The van der Waals surface area contributed by atoms with Gasteiger partial charge in [-0.25, -0.2) is 8.78 Å². The molecule has 18 heavy (non-hydrogen) atoms. The molecule has 2 nitrogen and oxygen atoms in total. The van der Waals surface area contributed by atoms with E-state index in [2.05, 4.69) is 19.2 Å². The average Bonchev–Trinajstić information content (AvgIpc) is 2.30. The second-order valence-electron chi connectivity index (χ2n) is 5.19. The lowest BCUT2D eigenvalue weighted by atomic mass is 10.0. The van der Waals surface area contributed by atoms with Crippen LogP contribution in [0.15, 0.2) is 18.2 Å². The maximum absolute atomic E-state index is 13.6. The van der Waals surface area contributed by atoms with Crippen LogP contribution >= 0.6 is 0 Å². The van der Waals surface area contributed by atoms with E-state index in [-0.39, 0.29) is 11.6 Å². The molecule has 1 heterocycles. The lowest BCUT2D eigenvalue weighted by molar-refractivity contribution is -0.00503. The van der Waals surface area contributed by atoms with Gasteiger partial charge in [0.05, 0.1) is 12.2 Å². The molecule has 0 spiro atoms. The molecule has 1 aliphatic rings. The largest absolute Gasteiger partial charge is 0.370 e. The molecule has 1 saturated heterocycles. The molecule has 2 atom stereocenters. The number of benzene rings is 1. The fraction of sp³-hybridized carbons (Fsp3) is 0.571. The van der Waals surface area contributed by atoms with E-state index in [1.165, 1.54) is 18.2 Å². The third kappa shape index (κ3) is 3.06. The second kappa shape index (κ2) is 5.76. The van der Waals surface area contributed by atoms with Gasteiger partial charge >= 0.3 is 0 Å². The number of hydrogen-bond donors (Lipinski definition) is 1. The fourth-order valence-electron chi connectivity index (χ4n) is 2.35. The summed E-state index contributed by atoms with van der Waals surface area (Å²) in [6.07, 6.45) is 0.474. The van der Waals surface area contributed by atoms with Crippen molar-refractivity contribution >= 4 is 0 Å². The van der Waals surface area contributed by atoms with Crippen LogP contribution in [0, 0.1) is 17.6 Å². The third-order valence-electron chi connectivity index (χ3n) is 3.17. The molecule has 0 radical (unpaired) electrons. The minimum absolute atomic E-state index is 0.0352. The van der Waals surface area contributed by atoms with Crippen molar-refractivity contribution in [2.24, 2.45) is 5.92 Å². The number of nitrogens with one attached hydrogen (secondary N) is 1. The summed E-state index contributed by atoms with van der Waals surface area (Å²) in [7, 11) is 0. The van der Waals surface area contributed by atoms with Gasteiger partial charge in [-0.3, -0.25) is 0 Å². The van der Waals surface area contributed by atoms with Gasteiger partial charge in [-0.05, 0) is 24.5 Å². The van der Waals surface area contributed by atoms with Gasteiger partial charge in [0.15, 0.2) is 0 Å². The quantitative estimate of drug-likeness (QED) is 0.896. The van der Waals surface area contributed by atoms with Gasteiger partial charge in [-0.1, -0.05) is 19.9 Å². The van der Waals surface area contributed by atoms with Gasteiger partial charge in [-0.2, -0.15) is 0 Å². The van der Waals surface area contributed by atoms with Gasteiger partial charge in [0.2, 0.25) is 0 Å². The molecular weight excluding hydrogens is 236 g/mol. The first-order valence-electron chi connectivity index (χ1n) is 6.36. The normalized spacial score (nSPS) is 24.5. The molecule has 2 rings (SSSR count). The summed E-state index contributed by atoms with van der Waals surface area (Å²) in [5.74, 6) is -0.499. The maximum Gasteiger partial charge on any atom is 0.132 e. The van der Waals surface area contributed by atoms with Gasteiger partial charge in [0.1, 0.15) is 17.7 Å². The van der Waals surface area contributed by atoms with Crippen LogP contribution in [0.2, 0.25) is 0 Å². The summed E-state index contributed by atoms with van der Waals surface area (Å²) in [6.45, 7) is 5.24. The van der Waals surface area contributed by atoms with E-state index < -0.39 is 17.7 Å². The Morgan fingerprint density at radius 3 is 2.50 bits per heavy atom. The first-order chi connectivity index (χ1) is 8.58. The van der Waals surface area contributed by atoms with Gasteiger partial charge < -0.3 is 10.1 Å². The number of rotatable bonds is 3. The molecule has 1 aliphatic heterocycles. The van der Waals surface area contributed by atoms with Crippen LogP contribution in [0.1, 0.15) is 31.9 Å². The van der Waals surface area contributed by atoms with Crippen molar-refractivity contribution in [3.05, 3.63) is 35.4 Å². The predicted octanol–water partition coefficient (Wildman–Crippen LogP) is 3.04. The molecule has 1 aromatic carbocycles. The maximum atomic E-state index is 13.6. The first kappa shape index (κ1) is 13.4. The molecule has 0 aromatic heterocycles. The van der Waals surface area contributed by atoms with Crippen LogP contribution in [-0.2, 0) is 4.74 Å². The average molecular weight is 255 g/mol. The molecule has 0 aliphatic carbocycles. The van der Waals surface area contributed by atoms with E-state index >= 15 is 0 Å². The number of hydrogen-bond acceptors (Lipinski definition) is 2. The molecule has 4 heteroatoms. The molecule has 0 amide bonds. The first-order valence-corrected chi connectivity index (χ1v) is 6.36. The van der Waals surface area contributed by atoms with Gasteiger partial charge in [-0.15, -0.1) is 0 Å². The highest BCUT2D eigenvalue weighted by Gasteiger charge is 2.27. The molecule has 1 N–H and O–H groups in total. The minimum atomic E-state index is -0.538. The number of morpholine rings is 1. The Labute approximate surface area is 106 Å². The van der Waals surface area contributed by atoms with E-state index in [0.29, 0.717) is 19.1 Å². The molecule has 0 saturated carbocycles. The van der Waals surface area contributed by atoms with Gasteiger partial charge in [0, 0.05) is 12.6 Å². The van der Waals surface area contributed by atoms with E-state index in [0.717, 1.165) is 6.42 Å². The Morgan fingerprint density at radius 1 is 1.33 bits per heavy atom. The summed E-state index contributed by atoms with van der Waals surface area (Å²) < 4.78 is 32.8. The van der Waals surface area contributed by atoms with Crippen LogP contribution < -0.4 is 5.32 Å². The Balaban J connectivity index is 2.01. The monoisotopic (exact) mass is 255 g/mol. The van der Waals surface area contributed by atoms with Crippen LogP contribution in [0.3, 0.4) is 0 Å². The molecule has 1 fully saturated rings. The number of halogens is 2. The highest BCUT2D eigenvalue weighted by Crippen LogP contribution is 2.26. The Bertz CT molecular complexity index is 381. The number of ether oxygens (including phenoxy) is 1. The summed E-state index contributed by atoms with van der Waals surface area (Å²) in [5, 5.41) is 3.30. The Hall–Kier alpha value is -1.00. The van der Waals surface area contributed by atoms with Crippen molar-refractivity contribution in [1.29, 1.82) is 0 Å². The second-order valence-corrected chi connectivity index (χ2v) is 5.19. The van der Waals surface area contributed by atoms with Crippen molar-refractivity contribution in [1.82, 2.24) is 5.32 Å². The van der Waals surface area contributed by atoms with E-state index in [9.17, 15) is 8.78 Å². The van der Waals surface area contributed by atoms with E-state index in [1.54, 1.807) is 0 Å². The van der Waals surface area contributed by atoms with Gasteiger partial charge in [0.25, 0.3) is 0 Å². The summed E-state index contributed by atoms with van der Waals surface area (Å²) >= 11 is 0. The smallest absolute Gasteiger partial charge is 0.132 e. The van der Waals surface area contributed by atoms with E-state index in [4.69, 9.17) is 4.74 Å². The van der Waals surface area contributed by atoms with Crippen molar-refractivity contribution in [3.63, 3.8) is 0 Å². The summed E-state index contributed by atoms with van der Waals surface area (Å²) in [4.78, 5) is 0. The highest BCUT2D eigenvalue weighted by molar-refractivity contribution is 5.23. The third-order valence-corrected chi connectivity index (χ3v) is 3.17. The van der Waals surface area contributed by atoms with Crippen LogP contribution in [-0.4, -0.2) is 19.2 Å². The fourth-order valence-corrected chi connectivity index (χ4v) is 2.35. The van der Waals surface area contributed by atoms with Crippen molar-refractivity contribution in [2.45, 2.75) is 32.4 Å². The zero-order valence-corrected chi connectivity index (χ0v) is 10.7. The predicted molar refractivity (Wildman–Crippen MR) is 66.3 cm³/mol. The molecular formula is C14H19F2NO. The zero-order chi connectivity index (χ0) is 13.1. The SMILES string of the molecule is CC(C)CC1COC(c2c(F)cccc2F)CN1. The lowest BCUT2D eigenvalue weighted by Gasteiger charge is -2.31. The summed E-state index contributed by atoms with van der Waals surface area (Å²) in [6, 6.07) is 4.17. The zero-order valence-electron chi connectivity index (χ0n) is 10.7. The van der Waals surface area contributed by atoms with Crippen molar-refractivity contribution in [2.75, 3.05) is 13.2 Å². The Morgan fingerprint density at radius 2 is 2.00 bits per heavy atom. The van der Waals surface area contributed by atoms with Crippen LogP contribution in [0.4, 0.5) is 8.78 Å². The van der Waals surface area contributed by atoms with Crippen molar-refractivity contribution in [3.8, 4) is 0 Å². The standard InChI is InChI=1S/C14H19F2NO/c1-9(2)6-10-8-18-13(7-17-10)14-11(15)4-3-5-12(14)16/h3-5,9-10,13,17H,6-8H2,1-2H3. The van der Waals surface area contributed by atoms with E-state index in [1.807, 2.05) is 0 Å². The van der Waals surface area contributed by atoms with Crippen LogP contribution in [0.5, 0.6) is 0 Å². The molecule has 100 valence electrons. The Kier molecular flexibility index (Phi) is 4.30. The molecule has 2 unspecified atom stereocenters. The minimum Gasteiger partial charge on any atom is -0.370 e. The topological polar surface area (TPSA) is 21.3 Å². The van der Waals surface area contributed by atoms with Crippen LogP contribution in [0.25, 0.3) is 0 Å². The highest BCUT2D eigenvalue weighted by atomic mass is 19.1. The molecule has 0 bridgehead atoms. The van der Waals surface area contributed by atoms with Crippen molar-refractivity contribution < 1.29 is 13.5 Å². The lowest BCUT2D eigenvalue weighted by Crippen LogP contribution is -2.43.